The summed E-state index contributed by atoms with van der Waals surface area (Å²) in [6, 6.07) is 13.5. The van der Waals surface area contributed by atoms with Gasteiger partial charge >= 0.3 is 0 Å². The van der Waals surface area contributed by atoms with Crippen LogP contribution >= 0.6 is 23.7 Å². The van der Waals surface area contributed by atoms with E-state index in [4.69, 9.17) is 9.26 Å². The minimum absolute atomic E-state index is 0. The van der Waals surface area contributed by atoms with Gasteiger partial charge in [0.05, 0.1) is 13.2 Å². The number of halogens is 1. The van der Waals surface area contributed by atoms with Crippen LogP contribution in [0.25, 0.3) is 11.3 Å². The maximum atomic E-state index is 12.7. The number of amides is 1. The minimum Gasteiger partial charge on any atom is -0.497 e. The van der Waals surface area contributed by atoms with Gasteiger partial charge < -0.3 is 14.6 Å². The highest BCUT2D eigenvalue weighted by Gasteiger charge is 2.26. The van der Waals surface area contributed by atoms with Gasteiger partial charge in [-0.25, -0.2) is 0 Å². The molecular weight excluding hydrogens is 434 g/mol. The largest absolute Gasteiger partial charge is 0.497 e. The number of likely N-dealkylation sites (tertiary alicyclic amines) is 1. The van der Waals surface area contributed by atoms with E-state index >= 15 is 0 Å². The number of thiophene rings is 1. The van der Waals surface area contributed by atoms with Crippen LogP contribution in [-0.4, -0.2) is 42.7 Å². The maximum absolute atomic E-state index is 12.7. The molecule has 6 nitrogen and oxygen atoms in total. The fourth-order valence-corrected chi connectivity index (χ4v) is 4.65. The Bertz CT molecular complexity index is 951. The fraction of sp³-hybridized carbons (Fsp3) is 0.391. The summed E-state index contributed by atoms with van der Waals surface area (Å²) >= 11 is 1.74. The molecule has 1 unspecified atom stereocenters. The molecule has 1 aromatic carbocycles. The quantitative estimate of drug-likeness (QED) is 0.534. The first-order valence-corrected chi connectivity index (χ1v) is 11.2. The molecule has 8 heteroatoms. The monoisotopic (exact) mass is 461 g/mol. The summed E-state index contributed by atoms with van der Waals surface area (Å²) in [7, 11) is 1.62. The number of nitrogens with one attached hydrogen (secondary N) is 1. The summed E-state index contributed by atoms with van der Waals surface area (Å²) in [5.74, 6) is 1.88. The molecule has 1 N–H and O–H groups in total. The number of piperidine rings is 1. The van der Waals surface area contributed by atoms with E-state index in [0.717, 1.165) is 30.3 Å². The Morgan fingerprint density at radius 3 is 2.68 bits per heavy atom. The highest BCUT2D eigenvalue weighted by atomic mass is 35.5. The van der Waals surface area contributed by atoms with Crippen LogP contribution in [0.5, 0.6) is 5.75 Å². The molecule has 3 aromatic rings. The van der Waals surface area contributed by atoms with Gasteiger partial charge in [-0.05, 0) is 67.6 Å². The van der Waals surface area contributed by atoms with Crippen molar-refractivity contribution < 1.29 is 14.1 Å². The van der Waals surface area contributed by atoms with Gasteiger partial charge in [-0.2, -0.15) is 0 Å². The smallest absolute Gasteiger partial charge is 0.273 e. The van der Waals surface area contributed by atoms with Crippen LogP contribution in [0.1, 0.15) is 41.2 Å². The van der Waals surface area contributed by atoms with Crippen LogP contribution in [0, 0.1) is 5.92 Å². The van der Waals surface area contributed by atoms with Crippen molar-refractivity contribution in [2.45, 2.75) is 25.8 Å². The number of ether oxygens (including phenoxy) is 1. The molecule has 3 heterocycles. The predicted molar refractivity (Wildman–Crippen MR) is 125 cm³/mol. The lowest BCUT2D eigenvalue weighted by Crippen LogP contribution is -2.41. The molecule has 1 atom stereocenters. The normalized spacial score (nSPS) is 15.8. The zero-order valence-corrected chi connectivity index (χ0v) is 19.4. The first-order valence-electron chi connectivity index (χ1n) is 10.3. The van der Waals surface area contributed by atoms with Gasteiger partial charge in [0.25, 0.3) is 5.91 Å². The minimum atomic E-state index is -0.217. The maximum Gasteiger partial charge on any atom is 0.273 e. The number of aromatic nitrogens is 1. The van der Waals surface area contributed by atoms with Crippen molar-refractivity contribution in [3.05, 3.63) is 58.4 Å². The zero-order valence-electron chi connectivity index (χ0n) is 17.7. The highest BCUT2D eigenvalue weighted by molar-refractivity contribution is 7.10. The summed E-state index contributed by atoms with van der Waals surface area (Å²) in [6.07, 6.45) is 2.40. The number of hydrogen-bond donors (Lipinski definition) is 1. The van der Waals surface area contributed by atoms with Crippen molar-refractivity contribution in [1.29, 1.82) is 0 Å². The van der Waals surface area contributed by atoms with E-state index < -0.39 is 0 Å². The van der Waals surface area contributed by atoms with E-state index in [-0.39, 0.29) is 30.0 Å². The van der Waals surface area contributed by atoms with E-state index in [1.807, 2.05) is 24.3 Å². The summed E-state index contributed by atoms with van der Waals surface area (Å²) in [6.45, 7) is 4.99. The van der Waals surface area contributed by atoms with E-state index in [2.05, 4.69) is 39.8 Å². The third-order valence-corrected chi connectivity index (χ3v) is 6.68. The number of hydrogen-bond acceptors (Lipinski definition) is 6. The molecule has 4 rings (SSSR count). The van der Waals surface area contributed by atoms with Crippen molar-refractivity contribution >= 4 is 29.7 Å². The lowest BCUT2D eigenvalue weighted by atomic mass is 9.97. The summed E-state index contributed by atoms with van der Waals surface area (Å²) < 4.78 is 10.6. The Kier molecular flexibility index (Phi) is 8.12. The average molecular weight is 462 g/mol. The molecule has 31 heavy (non-hydrogen) atoms. The lowest BCUT2D eigenvalue weighted by Gasteiger charge is -2.36. The van der Waals surface area contributed by atoms with Crippen molar-refractivity contribution in [1.82, 2.24) is 15.4 Å². The van der Waals surface area contributed by atoms with Crippen molar-refractivity contribution in [3.8, 4) is 17.1 Å². The van der Waals surface area contributed by atoms with E-state index in [1.165, 1.54) is 17.7 Å². The zero-order chi connectivity index (χ0) is 20.9. The molecular formula is C23H28ClN3O3S. The average Bonchev–Trinajstić information content (AvgIpc) is 3.48. The van der Waals surface area contributed by atoms with Crippen LogP contribution in [-0.2, 0) is 0 Å². The van der Waals surface area contributed by atoms with Gasteiger partial charge in [0.2, 0.25) is 0 Å². The van der Waals surface area contributed by atoms with Crippen molar-refractivity contribution in [2.75, 3.05) is 26.7 Å². The number of methoxy groups -OCH3 is 1. The highest BCUT2D eigenvalue weighted by Crippen LogP contribution is 2.29. The first kappa shape index (κ1) is 23.3. The van der Waals surface area contributed by atoms with Gasteiger partial charge in [-0.3, -0.25) is 9.69 Å². The Hall–Kier alpha value is -2.35. The first-order chi connectivity index (χ1) is 14.6. The molecule has 166 valence electrons. The van der Waals surface area contributed by atoms with Crippen LogP contribution in [0.2, 0.25) is 0 Å². The van der Waals surface area contributed by atoms with E-state index in [9.17, 15) is 4.79 Å². The predicted octanol–water partition coefficient (Wildman–Crippen LogP) is 5.04. The third-order valence-electron chi connectivity index (χ3n) is 5.70. The molecule has 1 fully saturated rings. The molecule has 0 radical (unpaired) electrons. The molecule has 0 aliphatic carbocycles. The number of carbonyl (C=O) groups is 1. The van der Waals surface area contributed by atoms with Gasteiger partial charge in [-0.1, -0.05) is 18.1 Å². The standard InChI is InChI=1S/C23H27N3O3S.ClH/c1-16-9-11-26(12-10-16)20(22-4-3-13-30-22)15-24-23(27)19-14-21(29-25-19)17-5-7-18(28-2)8-6-17;/h3-8,13-14,16,20H,9-12,15H2,1-2H3,(H,24,27);1H. The SMILES string of the molecule is COc1ccc(-c2cc(C(=O)NCC(c3cccs3)N3CCC(C)CC3)no2)cc1.Cl. The van der Waals surface area contributed by atoms with Crippen molar-refractivity contribution in [3.63, 3.8) is 0 Å². The topological polar surface area (TPSA) is 67.6 Å². The lowest BCUT2D eigenvalue weighted by molar-refractivity contribution is 0.0906. The van der Waals surface area contributed by atoms with Crippen LogP contribution in [0.3, 0.4) is 0 Å². The molecule has 0 spiro atoms. The molecule has 1 aliphatic rings. The number of benzene rings is 1. The van der Waals surface area contributed by atoms with Gasteiger partial charge in [0.1, 0.15) is 5.75 Å². The molecule has 2 aromatic heterocycles. The van der Waals surface area contributed by atoms with Crippen LogP contribution < -0.4 is 10.1 Å². The molecule has 1 aliphatic heterocycles. The summed E-state index contributed by atoms with van der Waals surface area (Å²) in [4.78, 5) is 16.5. The Labute approximate surface area is 193 Å². The second-order valence-electron chi connectivity index (χ2n) is 7.76. The summed E-state index contributed by atoms with van der Waals surface area (Å²) in [5, 5.41) is 9.12. The molecule has 1 amide bonds. The third kappa shape index (κ3) is 5.67. The Morgan fingerprint density at radius 1 is 1.29 bits per heavy atom. The number of nitrogens with zero attached hydrogens (tertiary/aromatic N) is 2. The second kappa shape index (κ2) is 10.8. The van der Waals surface area contributed by atoms with Crippen LogP contribution in [0.15, 0.2) is 52.4 Å². The van der Waals surface area contributed by atoms with Gasteiger partial charge in [0.15, 0.2) is 11.5 Å². The number of rotatable bonds is 7. The van der Waals surface area contributed by atoms with Crippen molar-refractivity contribution in [2.24, 2.45) is 5.92 Å². The Balaban J connectivity index is 0.00000272. The molecule has 1 saturated heterocycles. The van der Waals surface area contributed by atoms with Crippen LogP contribution in [0.4, 0.5) is 0 Å². The van der Waals surface area contributed by atoms with Gasteiger partial charge in [0, 0.05) is 23.1 Å². The second-order valence-corrected chi connectivity index (χ2v) is 8.74. The molecule has 0 bridgehead atoms. The Morgan fingerprint density at radius 2 is 2.03 bits per heavy atom. The van der Waals surface area contributed by atoms with E-state index in [1.54, 1.807) is 24.5 Å². The van der Waals surface area contributed by atoms with Gasteiger partial charge in [-0.15, -0.1) is 23.7 Å². The fourth-order valence-electron chi connectivity index (χ4n) is 3.78. The summed E-state index contributed by atoms with van der Waals surface area (Å²) in [5.41, 5.74) is 1.14. The molecule has 0 saturated carbocycles. The van der Waals surface area contributed by atoms with E-state index in [0.29, 0.717) is 12.3 Å². The number of carbonyl (C=O) groups excluding carboxylic acids is 1.